The summed E-state index contributed by atoms with van der Waals surface area (Å²) in [5.41, 5.74) is 4.10. The molecule has 0 saturated heterocycles. The average molecular weight is 242 g/mol. The van der Waals surface area contributed by atoms with Crippen LogP contribution >= 0.6 is 0 Å². The molecule has 4 N–H and O–H groups in total. The Morgan fingerprint density at radius 3 is 2.53 bits per heavy atom. The maximum Gasteiger partial charge on any atom is 0.329 e. The van der Waals surface area contributed by atoms with Crippen molar-refractivity contribution < 1.29 is 14.7 Å². The van der Waals surface area contributed by atoms with Gasteiger partial charge in [0.15, 0.2) is 0 Å². The highest BCUT2D eigenvalue weighted by molar-refractivity contribution is 5.90. The minimum absolute atomic E-state index is 0.183. The SMILES string of the molecule is CCC(C)(NC(=O)C1(C)CCCC1N)C(=O)O. The summed E-state index contributed by atoms with van der Waals surface area (Å²) in [5.74, 6) is -1.25. The number of carboxylic acids is 1. The molecule has 0 aromatic rings. The van der Waals surface area contributed by atoms with Crippen molar-refractivity contribution in [1.82, 2.24) is 5.32 Å². The van der Waals surface area contributed by atoms with E-state index in [1.54, 1.807) is 6.92 Å². The van der Waals surface area contributed by atoms with Gasteiger partial charge in [-0.25, -0.2) is 4.79 Å². The Morgan fingerprint density at radius 1 is 1.59 bits per heavy atom. The molecule has 3 unspecified atom stereocenters. The molecule has 0 heterocycles. The number of carbonyl (C=O) groups excluding carboxylic acids is 1. The average Bonchev–Trinajstić information content (AvgIpc) is 2.60. The second-order valence-corrected chi connectivity index (χ2v) is 5.36. The number of nitrogens with two attached hydrogens (primary N) is 1. The second kappa shape index (κ2) is 4.64. The van der Waals surface area contributed by atoms with Gasteiger partial charge in [0, 0.05) is 6.04 Å². The standard InChI is InChI=1S/C12H22N2O3/c1-4-12(3,10(16)17)14-9(15)11(2)7-5-6-8(11)13/h8H,4-7,13H2,1-3H3,(H,14,15)(H,16,17). The van der Waals surface area contributed by atoms with E-state index in [2.05, 4.69) is 5.32 Å². The molecule has 5 heteroatoms. The van der Waals surface area contributed by atoms with Gasteiger partial charge in [0.1, 0.15) is 5.54 Å². The van der Waals surface area contributed by atoms with Gasteiger partial charge in [0.2, 0.25) is 5.91 Å². The van der Waals surface area contributed by atoms with E-state index in [9.17, 15) is 9.59 Å². The Bertz CT molecular complexity index is 332. The minimum Gasteiger partial charge on any atom is -0.480 e. The predicted molar refractivity (Wildman–Crippen MR) is 64.4 cm³/mol. The van der Waals surface area contributed by atoms with Crippen molar-refractivity contribution >= 4 is 11.9 Å². The van der Waals surface area contributed by atoms with Gasteiger partial charge in [-0.05, 0) is 33.1 Å². The molecular formula is C12H22N2O3. The van der Waals surface area contributed by atoms with Gasteiger partial charge < -0.3 is 16.2 Å². The normalized spacial score (nSPS) is 31.9. The van der Waals surface area contributed by atoms with E-state index in [4.69, 9.17) is 10.8 Å². The van der Waals surface area contributed by atoms with Crippen LogP contribution in [0.5, 0.6) is 0 Å². The molecule has 3 atom stereocenters. The molecule has 0 aliphatic heterocycles. The highest BCUT2D eigenvalue weighted by Crippen LogP contribution is 2.37. The molecule has 5 nitrogen and oxygen atoms in total. The Balaban J connectivity index is 2.81. The lowest BCUT2D eigenvalue weighted by atomic mass is 9.83. The third kappa shape index (κ3) is 2.44. The summed E-state index contributed by atoms with van der Waals surface area (Å²) in [5, 5.41) is 11.8. The molecule has 1 aliphatic rings. The molecule has 17 heavy (non-hydrogen) atoms. The van der Waals surface area contributed by atoms with Crippen LogP contribution in [0.15, 0.2) is 0 Å². The second-order valence-electron chi connectivity index (χ2n) is 5.36. The number of nitrogens with one attached hydrogen (secondary N) is 1. The fourth-order valence-electron chi connectivity index (χ4n) is 2.16. The van der Waals surface area contributed by atoms with Crippen LogP contribution in [0.25, 0.3) is 0 Å². The van der Waals surface area contributed by atoms with E-state index >= 15 is 0 Å². The first-order valence-electron chi connectivity index (χ1n) is 6.08. The number of amides is 1. The molecule has 0 spiro atoms. The lowest BCUT2D eigenvalue weighted by Gasteiger charge is -2.33. The van der Waals surface area contributed by atoms with Crippen molar-refractivity contribution in [2.75, 3.05) is 0 Å². The van der Waals surface area contributed by atoms with Gasteiger partial charge in [0.05, 0.1) is 5.41 Å². The summed E-state index contributed by atoms with van der Waals surface area (Å²) in [6, 6.07) is -0.183. The van der Waals surface area contributed by atoms with Gasteiger partial charge >= 0.3 is 5.97 Å². The lowest BCUT2D eigenvalue weighted by Crippen LogP contribution is -2.58. The zero-order valence-corrected chi connectivity index (χ0v) is 10.7. The first-order valence-corrected chi connectivity index (χ1v) is 6.08. The van der Waals surface area contributed by atoms with Crippen LogP contribution in [0, 0.1) is 5.41 Å². The van der Waals surface area contributed by atoms with E-state index in [0.29, 0.717) is 6.42 Å². The molecule has 1 saturated carbocycles. The molecule has 1 rings (SSSR count). The third-order valence-corrected chi connectivity index (χ3v) is 4.12. The Hall–Kier alpha value is -1.10. The van der Waals surface area contributed by atoms with Crippen LogP contribution in [-0.4, -0.2) is 28.6 Å². The number of hydrogen-bond acceptors (Lipinski definition) is 3. The topological polar surface area (TPSA) is 92.4 Å². The van der Waals surface area contributed by atoms with Gasteiger partial charge in [-0.2, -0.15) is 0 Å². The van der Waals surface area contributed by atoms with E-state index in [0.717, 1.165) is 19.3 Å². The molecule has 98 valence electrons. The lowest BCUT2D eigenvalue weighted by molar-refractivity contribution is -0.149. The number of hydrogen-bond donors (Lipinski definition) is 3. The zero-order chi connectivity index (χ0) is 13.3. The van der Waals surface area contributed by atoms with Crippen LogP contribution in [0.1, 0.15) is 46.5 Å². The quantitative estimate of drug-likeness (QED) is 0.682. The van der Waals surface area contributed by atoms with Crippen molar-refractivity contribution in [1.29, 1.82) is 0 Å². The molecule has 0 radical (unpaired) electrons. The predicted octanol–water partition coefficient (Wildman–Crippen LogP) is 0.873. The molecule has 0 bridgehead atoms. The third-order valence-electron chi connectivity index (χ3n) is 4.12. The fraction of sp³-hybridized carbons (Fsp3) is 0.833. The van der Waals surface area contributed by atoms with E-state index < -0.39 is 16.9 Å². The van der Waals surface area contributed by atoms with Crippen molar-refractivity contribution in [2.45, 2.75) is 58.0 Å². The maximum atomic E-state index is 12.2. The van der Waals surface area contributed by atoms with Crippen LogP contribution < -0.4 is 11.1 Å². The number of carboxylic acid groups (broad SMARTS) is 1. The fourth-order valence-corrected chi connectivity index (χ4v) is 2.16. The maximum absolute atomic E-state index is 12.2. The zero-order valence-electron chi connectivity index (χ0n) is 10.7. The smallest absolute Gasteiger partial charge is 0.329 e. The minimum atomic E-state index is -1.21. The van der Waals surface area contributed by atoms with E-state index in [-0.39, 0.29) is 11.9 Å². The van der Waals surface area contributed by atoms with Crippen LogP contribution in [0.4, 0.5) is 0 Å². The van der Waals surface area contributed by atoms with Crippen LogP contribution in [-0.2, 0) is 9.59 Å². The Kier molecular flexibility index (Phi) is 3.81. The molecule has 1 aliphatic carbocycles. The molecule has 0 aromatic heterocycles. The van der Waals surface area contributed by atoms with E-state index in [1.807, 2.05) is 6.92 Å². The molecule has 0 aromatic carbocycles. The number of rotatable bonds is 4. The summed E-state index contributed by atoms with van der Waals surface area (Å²) in [7, 11) is 0. The van der Waals surface area contributed by atoms with Crippen molar-refractivity contribution in [3.8, 4) is 0 Å². The summed E-state index contributed by atoms with van der Waals surface area (Å²) in [6.45, 7) is 5.08. The summed E-state index contributed by atoms with van der Waals surface area (Å²) in [6.07, 6.45) is 2.81. The highest BCUT2D eigenvalue weighted by atomic mass is 16.4. The monoisotopic (exact) mass is 242 g/mol. The summed E-state index contributed by atoms with van der Waals surface area (Å²) in [4.78, 5) is 23.3. The van der Waals surface area contributed by atoms with Gasteiger partial charge in [-0.15, -0.1) is 0 Å². The van der Waals surface area contributed by atoms with Crippen LogP contribution in [0.2, 0.25) is 0 Å². The number of aliphatic carboxylic acids is 1. The first-order chi connectivity index (χ1) is 7.76. The Labute approximate surface area is 102 Å². The van der Waals surface area contributed by atoms with Gasteiger partial charge in [-0.3, -0.25) is 4.79 Å². The Morgan fingerprint density at radius 2 is 2.18 bits per heavy atom. The van der Waals surface area contributed by atoms with Crippen LogP contribution in [0.3, 0.4) is 0 Å². The van der Waals surface area contributed by atoms with Gasteiger partial charge in [-0.1, -0.05) is 13.3 Å². The van der Waals surface area contributed by atoms with E-state index in [1.165, 1.54) is 6.92 Å². The molecule has 1 amide bonds. The van der Waals surface area contributed by atoms with Crippen molar-refractivity contribution in [3.05, 3.63) is 0 Å². The number of carbonyl (C=O) groups is 2. The first kappa shape index (κ1) is 14.0. The largest absolute Gasteiger partial charge is 0.480 e. The van der Waals surface area contributed by atoms with Gasteiger partial charge in [0.25, 0.3) is 0 Å². The van der Waals surface area contributed by atoms with Crippen molar-refractivity contribution in [2.24, 2.45) is 11.1 Å². The summed E-state index contributed by atoms with van der Waals surface area (Å²) >= 11 is 0. The summed E-state index contributed by atoms with van der Waals surface area (Å²) < 4.78 is 0. The van der Waals surface area contributed by atoms with Crippen molar-refractivity contribution in [3.63, 3.8) is 0 Å². The molecular weight excluding hydrogens is 220 g/mol. The molecule has 1 fully saturated rings. The highest BCUT2D eigenvalue weighted by Gasteiger charge is 2.46.